The predicted octanol–water partition coefficient (Wildman–Crippen LogP) is 9.78. The van der Waals surface area contributed by atoms with Crippen molar-refractivity contribution < 1.29 is 39.9 Å². The van der Waals surface area contributed by atoms with Crippen LogP contribution in [-0.2, 0) is 6.11 Å². The molecule has 0 radical (unpaired) electrons. The fraction of sp³-hybridized carbons (Fsp3) is 0.400. The zero-order chi connectivity index (χ0) is 27.9. The van der Waals surface area contributed by atoms with Gasteiger partial charge in [-0.2, -0.15) is 8.78 Å². The van der Waals surface area contributed by atoms with Gasteiger partial charge in [0, 0.05) is 17.7 Å². The summed E-state index contributed by atoms with van der Waals surface area (Å²) >= 11 is 0. The maximum absolute atomic E-state index is 15.1. The van der Waals surface area contributed by atoms with Crippen LogP contribution >= 0.6 is 0 Å². The van der Waals surface area contributed by atoms with Gasteiger partial charge in [-0.15, -0.1) is 0 Å². The van der Waals surface area contributed by atoms with Gasteiger partial charge < -0.3 is 4.74 Å². The van der Waals surface area contributed by atoms with Crippen molar-refractivity contribution in [2.45, 2.75) is 63.4 Å². The van der Waals surface area contributed by atoms with Gasteiger partial charge in [0.25, 0.3) is 0 Å². The lowest BCUT2D eigenvalue weighted by Crippen LogP contribution is -2.25. The molecule has 3 aromatic rings. The van der Waals surface area contributed by atoms with Crippen molar-refractivity contribution in [1.82, 2.24) is 0 Å². The maximum atomic E-state index is 15.1. The third kappa shape index (κ3) is 5.63. The summed E-state index contributed by atoms with van der Waals surface area (Å²) in [6.45, 7) is 0. The molecule has 2 fully saturated rings. The summed E-state index contributed by atoms with van der Waals surface area (Å²) in [5, 5.41) is 0. The molecule has 3 aromatic carbocycles. The van der Waals surface area contributed by atoms with E-state index in [1.807, 2.05) is 0 Å². The first-order valence-corrected chi connectivity index (χ1v) is 13.0. The van der Waals surface area contributed by atoms with Crippen LogP contribution in [0, 0.1) is 46.7 Å². The molecule has 0 atom stereocenters. The Morgan fingerprint density at radius 2 is 1.18 bits per heavy atom. The van der Waals surface area contributed by atoms with Crippen LogP contribution in [0.2, 0.25) is 0 Å². The monoisotopic (exact) mass is 554 g/mol. The van der Waals surface area contributed by atoms with Crippen molar-refractivity contribution in [2.24, 2.45) is 11.8 Å². The molecule has 9 heteroatoms. The SMILES string of the molecule is Fc1cc(C2CCC(C3CCCC3)CC2)ccc1-c1cc(F)c(C(F)(F)Oc2cc(F)c(F)c(F)c2)c(F)c1. The molecule has 0 heterocycles. The molecule has 0 unspecified atom stereocenters. The van der Waals surface area contributed by atoms with Crippen molar-refractivity contribution in [3.05, 3.63) is 88.5 Å². The standard InChI is InChI=1S/C30H26F8O/c31-23-11-19(18-7-5-17(6-8-18)16-3-1-2-4-16)9-10-22(23)20-12-24(32)28(25(33)13-20)30(37,38)39-21-14-26(34)29(36)27(35)15-21/h9-18H,1-8H2. The van der Waals surface area contributed by atoms with Gasteiger partial charge in [-0.3, -0.25) is 0 Å². The van der Waals surface area contributed by atoms with Crippen LogP contribution in [0.15, 0.2) is 42.5 Å². The Morgan fingerprint density at radius 3 is 1.74 bits per heavy atom. The molecule has 0 aromatic heterocycles. The van der Waals surface area contributed by atoms with Crippen LogP contribution in [0.5, 0.6) is 5.75 Å². The lowest BCUT2D eigenvalue weighted by molar-refractivity contribution is -0.189. The molecule has 0 N–H and O–H groups in total. The summed E-state index contributed by atoms with van der Waals surface area (Å²) in [4.78, 5) is 0. The number of rotatable bonds is 6. The van der Waals surface area contributed by atoms with Crippen molar-refractivity contribution in [2.75, 3.05) is 0 Å². The Labute approximate surface area is 220 Å². The highest BCUT2D eigenvalue weighted by molar-refractivity contribution is 5.65. The van der Waals surface area contributed by atoms with Crippen LogP contribution in [-0.4, -0.2) is 0 Å². The third-order valence-electron chi connectivity index (χ3n) is 8.15. The minimum Gasteiger partial charge on any atom is -0.429 e. The number of alkyl halides is 2. The zero-order valence-electron chi connectivity index (χ0n) is 20.9. The van der Waals surface area contributed by atoms with Crippen LogP contribution in [0.4, 0.5) is 35.1 Å². The van der Waals surface area contributed by atoms with Gasteiger partial charge in [-0.1, -0.05) is 37.8 Å². The molecule has 208 valence electrons. The van der Waals surface area contributed by atoms with E-state index >= 15 is 4.39 Å². The van der Waals surface area contributed by atoms with Gasteiger partial charge in [0.05, 0.1) is 0 Å². The van der Waals surface area contributed by atoms with Crippen molar-refractivity contribution in [3.63, 3.8) is 0 Å². The lowest BCUT2D eigenvalue weighted by atomic mass is 9.73. The molecule has 5 rings (SSSR count). The van der Waals surface area contributed by atoms with E-state index in [2.05, 4.69) is 4.74 Å². The fourth-order valence-electron chi connectivity index (χ4n) is 6.17. The van der Waals surface area contributed by atoms with E-state index in [-0.39, 0.29) is 29.2 Å². The molecule has 2 aliphatic carbocycles. The average molecular weight is 555 g/mol. The highest BCUT2D eigenvalue weighted by Gasteiger charge is 2.42. The van der Waals surface area contributed by atoms with Gasteiger partial charge in [0.1, 0.15) is 28.8 Å². The molecule has 0 aliphatic heterocycles. The van der Waals surface area contributed by atoms with Crippen molar-refractivity contribution >= 4 is 0 Å². The Balaban J connectivity index is 1.34. The average Bonchev–Trinajstić information content (AvgIpc) is 3.41. The quantitative estimate of drug-likeness (QED) is 0.218. The molecule has 2 aliphatic rings. The lowest BCUT2D eigenvalue weighted by Gasteiger charge is -2.32. The Hall–Kier alpha value is -3.10. The molecule has 0 spiro atoms. The molecule has 39 heavy (non-hydrogen) atoms. The summed E-state index contributed by atoms with van der Waals surface area (Å²) in [7, 11) is 0. The summed E-state index contributed by atoms with van der Waals surface area (Å²) in [6, 6.07) is 5.70. The van der Waals surface area contributed by atoms with E-state index in [1.165, 1.54) is 37.8 Å². The van der Waals surface area contributed by atoms with Gasteiger partial charge in [-0.25, -0.2) is 26.3 Å². The molecular weight excluding hydrogens is 528 g/mol. The van der Waals surface area contributed by atoms with Crippen molar-refractivity contribution in [1.29, 1.82) is 0 Å². The van der Waals surface area contributed by atoms with Gasteiger partial charge >= 0.3 is 6.11 Å². The molecular formula is C30H26F8O. The van der Waals surface area contributed by atoms with Gasteiger partial charge in [0.15, 0.2) is 17.5 Å². The summed E-state index contributed by atoms with van der Waals surface area (Å²) in [5.74, 6) is -9.32. The fourth-order valence-corrected chi connectivity index (χ4v) is 6.17. The smallest absolute Gasteiger partial charge is 0.429 e. The second kappa shape index (κ2) is 10.8. The second-order valence-corrected chi connectivity index (χ2v) is 10.5. The van der Waals surface area contributed by atoms with E-state index in [9.17, 15) is 30.7 Å². The number of hydrogen-bond donors (Lipinski definition) is 0. The molecule has 1 nitrogen and oxygen atoms in total. The summed E-state index contributed by atoms with van der Waals surface area (Å²) in [6.07, 6.45) is 4.48. The Kier molecular flexibility index (Phi) is 7.62. The molecule has 0 amide bonds. The third-order valence-corrected chi connectivity index (χ3v) is 8.15. The van der Waals surface area contributed by atoms with Crippen LogP contribution in [0.1, 0.15) is 68.4 Å². The number of hydrogen-bond acceptors (Lipinski definition) is 1. The van der Waals surface area contributed by atoms with Crippen LogP contribution in [0.25, 0.3) is 11.1 Å². The molecule has 0 bridgehead atoms. The first kappa shape index (κ1) is 27.5. The number of benzene rings is 3. The van der Waals surface area contributed by atoms with Crippen LogP contribution < -0.4 is 4.74 Å². The Morgan fingerprint density at radius 1 is 0.615 bits per heavy atom. The zero-order valence-corrected chi connectivity index (χ0v) is 20.9. The van der Waals surface area contributed by atoms with Gasteiger partial charge in [-0.05, 0) is 72.8 Å². The highest BCUT2D eigenvalue weighted by atomic mass is 19.3. The summed E-state index contributed by atoms with van der Waals surface area (Å²) in [5.41, 5.74) is -1.53. The minimum absolute atomic E-state index is 0.120. The first-order chi connectivity index (χ1) is 18.5. The predicted molar refractivity (Wildman–Crippen MR) is 129 cm³/mol. The second-order valence-electron chi connectivity index (χ2n) is 10.5. The van der Waals surface area contributed by atoms with E-state index in [1.54, 1.807) is 6.07 Å². The van der Waals surface area contributed by atoms with E-state index < -0.39 is 52.3 Å². The minimum atomic E-state index is -4.72. The number of halogens is 8. The summed E-state index contributed by atoms with van der Waals surface area (Å²) < 4.78 is 118. The molecule has 2 saturated carbocycles. The highest BCUT2D eigenvalue weighted by Crippen LogP contribution is 2.44. The van der Waals surface area contributed by atoms with Crippen LogP contribution in [0.3, 0.4) is 0 Å². The van der Waals surface area contributed by atoms with Gasteiger partial charge in [0.2, 0.25) is 0 Å². The topological polar surface area (TPSA) is 9.23 Å². The van der Waals surface area contributed by atoms with E-state index in [4.69, 9.17) is 0 Å². The maximum Gasteiger partial charge on any atom is 0.432 e. The van der Waals surface area contributed by atoms with E-state index in [0.29, 0.717) is 18.1 Å². The normalized spacial score (nSPS) is 20.4. The Bertz CT molecular complexity index is 1310. The molecule has 0 saturated heterocycles. The van der Waals surface area contributed by atoms with Crippen molar-refractivity contribution in [3.8, 4) is 16.9 Å². The number of ether oxygens (including phenoxy) is 1. The first-order valence-electron chi connectivity index (χ1n) is 13.0. The van der Waals surface area contributed by atoms with E-state index in [0.717, 1.165) is 37.2 Å². The largest absolute Gasteiger partial charge is 0.432 e.